The molecule has 0 saturated heterocycles. The van der Waals surface area contributed by atoms with Gasteiger partial charge in [0.1, 0.15) is 11.2 Å². The SMILES string of the molecule is c1cncc(-c2cccc3oc4cc(-n5c6ccccc6c6cc7ccccc7cc65)c5ccccc5c4c23)c1. The molecule has 0 bridgehead atoms. The lowest BCUT2D eigenvalue weighted by Crippen LogP contribution is -1.96. The molecule has 3 aromatic heterocycles. The Morgan fingerprint density at radius 1 is 0.525 bits per heavy atom. The number of hydrogen-bond donors (Lipinski definition) is 0. The minimum absolute atomic E-state index is 0.881. The average molecular weight is 511 g/mol. The molecule has 0 saturated carbocycles. The van der Waals surface area contributed by atoms with Gasteiger partial charge in [-0.2, -0.15) is 0 Å². The maximum absolute atomic E-state index is 6.62. The van der Waals surface area contributed by atoms with Gasteiger partial charge in [-0.25, -0.2) is 0 Å². The van der Waals surface area contributed by atoms with Crippen molar-refractivity contribution >= 4 is 65.3 Å². The van der Waals surface area contributed by atoms with E-state index in [4.69, 9.17) is 4.42 Å². The molecule has 0 N–H and O–H groups in total. The number of aromatic nitrogens is 2. The summed E-state index contributed by atoms with van der Waals surface area (Å²) in [6.07, 6.45) is 3.74. The van der Waals surface area contributed by atoms with E-state index in [2.05, 4.69) is 125 Å². The average Bonchev–Trinajstić information content (AvgIpc) is 3.55. The van der Waals surface area contributed by atoms with Crippen LogP contribution >= 0.6 is 0 Å². The number of pyridine rings is 1. The minimum atomic E-state index is 0.881. The Hall–Kier alpha value is -5.41. The Bertz CT molecular complexity index is 2430. The van der Waals surface area contributed by atoms with Crippen molar-refractivity contribution in [2.45, 2.75) is 0 Å². The highest BCUT2D eigenvalue weighted by molar-refractivity contribution is 6.25. The third kappa shape index (κ3) is 2.92. The van der Waals surface area contributed by atoms with Crippen molar-refractivity contribution in [3.05, 3.63) is 134 Å². The highest BCUT2D eigenvalue weighted by Crippen LogP contribution is 2.44. The summed E-state index contributed by atoms with van der Waals surface area (Å²) < 4.78 is 9.03. The van der Waals surface area contributed by atoms with E-state index in [1.54, 1.807) is 0 Å². The highest BCUT2D eigenvalue weighted by atomic mass is 16.3. The fraction of sp³-hybridized carbons (Fsp3) is 0. The van der Waals surface area contributed by atoms with Crippen LogP contribution in [0.5, 0.6) is 0 Å². The maximum Gasteiger partial charge on any atom is 0.138 e. The smallest absolute Gasteiger partial charge is 0.138 e. The summed E-state index contributed by atoms with van der Waals surface area (Å²) in [7, 11) is 0. The molecule has 0 aliphatic carbocycles. The van der Waals surface area contributed by atoms with Gasteiger partial charge in [0, 0.05) is 51.0 Å². The lowest BCUT2D eigenvalue weighted by atomic mass is 9.97. The Kier molecular flexibility index (Phi) is 4.33. The first-order valence-corrected chi connectivity index (χ1v) is 13.5. The molecule has 3 heteroatoms. The molecule has 186 valence electrons. The summed E-state index contributed by atoms with van der Waals surface area (Å²) in [6.45, 7) is 0. The molecule has 3 nitrogen and oxygen atoms in total. The molecule has 9 aromatic rings. The second-order valence-electron chi connectivity index (χ2n) is 10.4. The molecular formula is C37H22N2O. The van der Waals surface area contributed by atoms with Crippen LogP contribution in [0.25, 0.3) is 82.1 Å². The van der Waals surface area contributed by atoms with Crippen LogP contribution in [-0.2, 0) is 0 Å². The summed E-state index contributed by atoms with van der Waals surface area (Å²) in [5, 5.41) is 9.61. The van der Waals surface area contributed by atoms with E-state index in [9.17, 15) is 0 Å². The molecule has 0 aliphatic rings. The van der Waals surface area contributed by atoms with Crippen LogP contribution in [-0.4, -0.2) is 9.55 Å². The van der Waals surface area contributed by atoms with Crippen molar-refractivity contribution in [2.75, 3.05) is 0 Å². The molecule has 0 unspecified atom stereocenters. The number of nitrogens with zero attached hydrogens (tertiary/aromatic N) is 2. The second-order valence-corrected chi connectivity index (χ2v) is 10.4. The zero-order valence-corrected chi connectivity index (χ0v) is 21.5. The van der Waals surface area contributed by atoms with Crippen LogP contribution < -0.4 is 0 Å². The normalized spacial score (nSPS) is 12.0. The highest BCUT2D eigenvalue weighted by Gasteiger charge is 2.20. The number of furan rings is 1. The molecule has 40 heavy (non-hydrogen) atoms. The Morgan fingerprint density at radius 3 is 2.15 bits per heavy atom. The van der Waals surface area contributed by atoms with Crippen LogP contribution in [0.4, 0.5) is 0 Å². The third-order valence-corrected chi connectivity index (χ3v) is 8.24. The topological polar surface area (TPSA) is 31.0 Å². The zero-order chi connectivity index (χ0) is 26.2. The first-order chi connectivity index (χ1) is 19.8. The summed E-state index contributed by atoms with van der Waals surface area (Å²) in [5.41, 5.74) is 7.47. The Balaban J connectivity index is 1.46. The van der Waals surface area contributed by atoms with Gasteiger partial charge in [0.15, 0.2) is 0 Å². The first kappa shape index (κ1) is 21.5. The standard InChI is InChI=1S/C37H22N2O/c1-2-10-24-20-32-30(19-23(24)9-1)28-13-5-6-16-31(28)39(32)33-21-35-37(29-14-4-3-12-27(29)33)36-26(15-7-17-34(36)40-35)25-11-8-18-38-22-25/h1-22H. The van der Waals surface area contributed by atoms with Crippen LogP contribution in [0.3, 0.4) is 0 Å². The molecule has 9 rings (SSSR count). The van der Waals surface area contributed by atoms with Gasteiger partial charge in [-0.3, -0.25) is 4.98 Å². The first-order valence-electron chi connectivity index (χ1n) is 13.5. The molecule has 6 aromatic carbocycles. The summed E-state index contributed by atoms with van der Waals surface area (Å²) in [6, 6.07) is 43.3. The van der Waals surface area contributed by atoms with E-state index in [1.807, 2.05) is 18.5 Å². The molecule has 0 spiro atoms. The third-order valence-electron chi connectivity index (χ3n) is 8.24. The molecule has 0 atom stereocenters. The van der Waals surface area contributed by atoms with Crippen molar-refractivity contribution in [2.24, 2.45) is 0 Å². The lowest BCUT2D eigenvalue weighted by Gasteiger charge is -2.13. The fourth-order valence-electron chi connectivity index (χ4n) is 6.52. The maximum atomic E-state index is 6.62. The number of para-hydroxylation sites is 1. The van der Waals surface area contributed by atoms with Crippen LogP contribution in [0.1, 0.15) is 0 Å². The van der Waals surface area contributed by atoms with Gasteiger partial charge in [0.25, 0.3) is 0 Å². The molecule has 0 amide bonds. The quantitative estimate of drug-likeness (QED) is 0.232. The van der Waals surface area contributed by atoms with Gasteiger partial charge < -0.3 is 8.98 Å². The van der Waals surface area contributed by atoms with Crippen LogP contribution in [0.2, 0.25) is 0 Å². The van der Waals surface area contributed by atoms with Crippen molar-refractivity contribution < 1.29 is 4.42 Å². The van der Waals surface area contributed by atoms with Crippen molar-refractivity contribution in [1.29, 1.82) is 0 Å². The van der Waals surface area contributed by atoms with E-state index in [1.165, 1.54) is 43.4 Å². The minimum Gasteiger partial charge on any atom is -0.456 e. The lowest BCUT2D eigenvalue weighted by molar-refractivity contribution is 0.669. The summed E-state index contributed by atoms with van der Waals surface area (Å²) in [5.74, 6) is 0. The van der Waals surface area contributed by atoms with Crippen molar-refractivity contribution in [3.8, 4) is 16.8 Å². The molecule has 3 heterocycles. The number of benzene rings is 6. The zero-order valence-electron chi connectivity index (χ0n) is 21.5. The Labute approximate surface area is 229 Å². The molecule has 0 radical (unpaired) electrons. The van der Waals surface area contributed by atoms with Gasteiger partial charge >= 0.3 is 0 Å². The number of hydrogen-bond acceptors (Lipinski definition) is 2. The molecule has 0 aliphatic heterocycles. The van der Waals surface area contributed by atoms with E-state index in [0.29, 0.717) is 0 Å². The summed E-state index contributed by atoms with van der Waals surface area (Å²) in [4.78, 5) is 4.39. The predicted octanol–water partition coefficient (Wildman–Crippen LogP) is 10.1. The van der Waals surface area contributed by atoms with E-state index >= 15 is 0 Å². The van der Waals surface area contributed by atoms with E-state index in [-0.39, 0.29) is 0 Å². The van der Waals surface area contributed by atoms with E-state index in [0.717, 1.165) is 38.8 Å². The van der Waals surface area contributed by atoms with Gasteiger partial charge in [0.05, 0.1) is 16.7 Å². The molecular weight excluding hydrogens is 488 g/mol. The monoisotopic (exact) mass is 510 g/mol. The van der Waals surface area contributed by atoms with Gasteiger partial charge in [-0.05, 0) is 52.1 Å². The molecule has 0 fully saturated rings. The largest absolute Gasteiger partial charge is 0.456 e. The van der Waals surface area contributed by atoms with Crippen molar-refractivity contribution in [3.63, 3.8) is 0 Å². The predicted molar refractivity (Wildman–Crippen MR) is 166 cm³/mol. The van der Waals surface area contributed by atoms with E-state index < -0.39 is 0 Å². The Morgan fingerprint density at radius 2 is 1.30 bits per heavy atom. The number of rotatable bonds is 2. The second kappa shape index (κ2) is 8.05. The van der Waals surface area contributed by atoms with Crippen molar-refractivity contribution in [1.82, 2.24) is 9.55 Å². The summed E-state index contributed by atoms with van der Waals surface area (Å²) >= 11 is 0. The fourth-order valence-corrected chi connectivity index (χ4v) is 6.52. The number of fused-ring (bicyclic) bond motifs is 9. The van der Waals surface area contributed by atoms with Crippen LogP contribution in [0, 0.1) is 0 Å². The van der Waals surface area contributed by atoms with Gasteiger partial charge in [-0.15, -0.1) is 0 Å². The van der Waals surface area contributed by atoms with Gasteiger partial charge in [-0.1, -0.05) is 84.9 Å². The van der Waals surface area contributed by atoms with Crippen LogP contribution in [0.15, 0.2) is 138 Å². The van der Waals surface area contributed by atoms with Gasteiger partial charge in [0.2, 0.25) is 0 Å².